The lowest BCUT2D eigenvalue weighted by molar-refractivity contribution is -0.142. The first-order valence-electron chi connectivity index (χ1n) is 11.7. The smallest absolute Gasteiger partial charge is 0.247 e. The number of pyridine rings is 1. The molecular formula is C25H29N5O4S. The molecule has 0 radical (unpaired) electrons. The first kappa shape index (κ1) is 24.6. The highest BCUT2D eigenvalue weighted by Crippen LogP contribution is 2.27. The molecular weight excluding hydrogens is 466 g/mol. The summed E-state index contributed by atoms with van der Waals surface area (Å²) < 4.78 is 4.96. The van der Waals surface area contributed by atoms with Crippen LogP contribution in [0.5, 0.6) is 0 Å². The van der Waals surface area contributed by atoms with Crippen LogP contribution in [0.25, 0.3) is 0 Å². The van der Waals surface area contributed by atoms with Gasteiger partial charge in [0.2, 0.25) is 17.7 Å². The second kappa shape index (κ2) is 11.7. The predicted molar refractivity (Wildman–Crippen MR) is 131 cm³/mol. The Balaban J connectivity index is 1.53. The summed E-state index contributed by atoms with van der Waals surface area (Å²) in [4.78, 5) is 46.1. The van der Waals surface area contributed by atoms with Gasteiger partial charge in [0.1, 0.15) is 11.8 Å². The lowest BCUT2D eigenvalue weighted by atomic mass is 10.0. The molecule has 35 heavy (non-hydrogen) atoms. The number of nitrogens with one attached hydrogen (secondary N) is 2. The van der Waals surface area contributed by atoms with Gasteiger partial charge in [-0.25, -0.2) is 0 Å². The number of rotatable bonds is 10. The Morgan fingerprint density at radius 1 is 1.20 bits per heavy atom. The van der Waals surface area contributed by atoms with E-state index < -0.39 is 6.04 Å². The predicted octanol–water partition coefficient (Wildman–Crippen LogP) is 3.99. The molecule has 3 aromatic rings. The Hall–Kier alpha value is -3.53. The minimum atomic E-state index is -0.847. The first-order valence-corrected chi connectivity index (χ1v) is 12.6. The summed E-state index contributed by atoms with van der Waals surface area (Å²) in [6, 6.07) is 8.27. The van der Waals surface area contributed by atoms with E-state index in [1.165, 1.54) is 11.3 Å². The fraction of sp³-hybridized carbons (Fsp3) is 0.400. The number of hydrogen-bond donors (Lipinski definition) is 2. The largest absolute Gasteiger partial charge is 0.360 e. The highest BCUT2D eigenvalue weighted by atomic mass is 32.1. The van der Waals surface area contributed by atoms with Gasteiger partial charge in [0.25, 0.3) is 0 Å². The molecule has 4 rings (SSSR count). The van der Waals surface area contributed by atoms with Gasteiger partial charge < -0.3 is 20.1 Å². The van der Waals surface area contributed by atoms with Crippen molar-refractivity contribution in [2.75, 3.05) is 5.32 Å². The maximum absolute atomic E-state index is 13.5. The van der Waals surface area contributed by atoms with Gasteiger partial charge in [-0.1, -0.05) is 30.1 Å². The lowest BCUT2D eigenvalue weighted by Crippen LogP contribution is -2.46. The third-order valence-electron chi connectivity index (χ3n) is 5.95. The van der Waals surface area contributed by atoms with Crippen molar-refractivity contribution >= 4 is 34.9 Å². The van der Waals surface area contributed by atoms with Crippen molar-refractivity contribution in [3.63, 3.8) is 0 Å². The number of amides is 3. The Bertz CT molecular complexity index is 1130. The van der Waals surface area contributed by atoms with Crippen LogP contribution in [0, 0.1) is 6.92 Å². The molecule has 0 aliphatic heterocycles. The minimum Gasteiger partial charge on any atom is -0.360 e. The zero-order valence-corrected chi connectivity index (χ0v) is 20.4. The van der Waals surface area contributed by atoms with Crippen molar-refractivity contribution in [1.29, 1.82) is 0 Å². The molecule has 0 unspecified atom stereocenters. The quantitative estimate of drug-likeness (QED) is 0.439. The fourth-order valence-electron chi connectivity index (χ4n) is 4.25. The average molecular weight is 496 g/mol. The van der Waals surface area contributed by atoms with Gasteiger partial charge in [0.15, 0.2) is 5.82 Å². The summed E-state index contributed by atoms with van der Waals surface area (Å²) in [5.74, 6) is 0.0133. The molecule has 10 heteroatoms. The molecule has 3 heterocycles. The van der Waals surface area contributed by atoms with E-state index in [4.69, 9.17) is 4.52 Å². The number of aryl methyl sites for hydroxylation is 1. The van der Waals surface area contributed by atoms with Gasteiger partial charge in [-0.15, -0.1) is 11.3 Å². The average Bonchev–Trinajstić information content (AvgIpc) is 3.62. The van der Waals surface area contributed by atoms with E-state index in [0.29, 0.717) is 17.1 Å². The Labute approximate surface area is 207 Å². The Kier molecular flexibility index (Phi) is 8.25. The molecule has 1 aliphatic carbocycles. The van der Waals surface area contributed by atoms with Crippen molar-refractivity contribution < 1.29 is 18.9 Å². The summed E-state index contributed by atoms with van der Waals surface area (Å²) in [7, 11) is 0. The molecule has 0 spiro atoms. The van der Waals surface area contributed by atoms with Crippen molar-refractivity contribution in [3.05, 3.63) is 64.3 Å². The van der Waals surface area contributed by atoms with Crippen LogP contribution >= 0.6 is 11.3 Å². The summed E-state index contributed by atoms with van der Waals surface area (Å²) in [6.07, 6.45) is 7.19. The molecule has 3 amide bonds. The van der Waals surface area contributed by atoms with Gasteiger partial charge in [-0.05, 0) is 37.3 Å². The van der Waals surface area contributed by atoms with Gasteiger partial charge in [-0.2, -0.15) is 0 Å². The van der Waals surface area contributed by atoms with Crippen molar-refractivity contribution in [1.82, 2.24) is 20.4 Å². The van der Waals surface area contributed by atoms with Crippen LogP contribution in [0.1, 0.15) is 60.8 Å². The second-order valence-electron chi connectivity index (χ2n) is 8.65. The van der Waals surface area contributed by atoms with E-state index in [1.54, 1.807) is 42.4 Å². The van der Waals surface area contributed by atoms with Crippen LogP contribution in [0.3, 0.4) is 0 Å². The summed E-state index contributed by atoms with van der Waals surface area (Å²) >= 11 is 1.52. The number of carbonyl (C=O) groups excluding carboxylic acids is 3. The third-order valence-corrected chi connectivity index (χ3v) is 6.81. The number of carbonyl (C=O) groups is 3. The summed E-state index contributed by atoms with van der Waals surface area (Å²) in [6.45, 7) is 1.99. The Morgan fingerprint density at radius 2 is 2.03 bits per heavy atom. The van der Waals surface area contributed by atoms with Crippen LogP contribution in [0.15, 0.2) is 52.6 Å². The van der Waals surface area contributed by atoms with Crippen LogP contribution in [0.4, 0.5) is 5.82 Å². The molecule has 1 atom stereocenters. The normalized spacial score (nSPS) is 14.4. The lowest BCUT2D eigenvalue weighted by Gasteiger charge is -2.32. The maximum Gasteiger partial charge on any atom is 0.247 e. The second-order valence-corrected chi connectivity index (χ2v) is 9.68. The SMILES string of the molecule is Cc1cc(NC(=O)CCC(=O)N(Cc2cccs2)[C@H](C(=O)NC2CCCC2)c2cccnc2)no1. The number of anilines is 1. The summed E-state index contributed by atoms with van der Waals surface area (Å²) in [5, 5.41) is 11.5. The number of nitrogens with zero attached hydrogens (tertiary/aromatic N) is 3. The number of thiophene rings is 1. The summed E-state index contributed by atoms with van der Waals surface area (Å²) in [5.41, 5.74) is 0.635. The maximum atomic E-state index is 13.5. The van der Waals surface area contributed by atoms with Crippen molar-refractivity contribution in [2.24, 2.45) is 0 Å². The van der Waals surface area contributed by atoms with Gasteiger partial charge >= 0.3 is 0 Å². The van der Waals surface area contributed by atoms with Crippen LogP contribution in [-0.4, -0.2) is 38.8 Å². The van der Waals surface area contributed by atoms with E-state index >= 15 is 0 Å². The molecule has 1 saturated carbocycles. The molecule has 9 nitrogen and oxygen atoms in total. The van der Waals surface area contributed by atoms with E-state index in [-0.39, 0.29) is 43.1 Å². The van der Waals surface area contributed by atoms with E-state index in [2.05, 4.69) is 20.8 Å². The van der Waals surface area contributed by atoms with E-state index in [0.717, 1.165) is 30.6 Å². The molecule has 0 aromatic carbocycles. The molecule has 1 aliphatic rings. The van der Waals surface area contributed by atoms with Gasteiger partial charge in [0.05, 0.1) is 6.54 Å². The number of hydrogen-bond acceptors (Lipinski definition) is 7. The van der Waals surface area contributed by atoms with Crippen molar-refractivity contribution in [2.45, 2.75) is 64.1 Å². The van der Waals surface area contributed by atoms with Crippen LogP contribution in [-0.2, 0) is 20.9 Å². The van der Waals surface area contributed by atoms with E-state index in [9.17, 15) is 14.4 Å². The molecule has 184 valence electrons. The molecule has 0 bridgehead atoms. The van der Waals surface area contributed by atoms with Gasteiger partial charge in [-0.3, -0.25) is 19.4 Å². The number of aromatic nitrogens is 2. The van der Waals surface area contributed by atoms with Crippen molar-refractivity contribution in [3.8, 4) is 0 Å². The highest BCUT2D eigenvalue weighted by Gasteiger charge is 2.33. The zero-order chi connectivity index (χ0) is 24.6. The molecule has 0 saturated heterocycles. The molecule has 2 N–H and O–H groups in total. The first-order chi connectivity index (χ1) is 17.0. The fourth-order valence-corrected chi connectivity index (χ4v) is 4.95. The minimum absolute atomic E-state index is 0.0459. The van der Waals surface area contributed by atoms with Crippen LogP contribution in [0.2, 0.25) is 0 Å². The third kappa shape index (κ3) is 6.75. The molecule has 3 aromatic heterocycles. The highest BCUT2D eigenvalue weighted by molar-refractivity contribution is 7.09. The van der Waals surface area contributed by atoms with E-state index in [1.807, 2.05) is 17.5 Å². The van der Waals surface area contributed by atoms with Crippen LogP contribution < -0.4 is 10.6 Å². The Morgan fingerprint density at radius 3 is 2.69 bits per heavy atom. The molecule has 1 fully saturated rings. The van der Waals surface area contributed by atoms with Gasteiger partial charge in [0, 0.05) is 47.8 Å². The standard InChI is InChI=1S/C25H29N5O4S/c1-17-14-21(29-34-17)28-22(31)10-11-23(32)30(16-20-9-5-13-35-20)24(18-6-4-12-26-15-18)25(33)27-19-7-2-3-8-19/h4-6,9,12-15,19,24H,2-3,7-8,10-11,16H2,1H3,(H,27,33)(H,28,29,31)/t24-/m0/s1. The zero-order valence-electron chi connectivity index (χ0n) is 19.6. The topological polar surface area (TPSA) is 117 Å². The monoisotopic (exact) mass is 495 g/mol.